The highest BCUT2D eigenvalue weighted by Crippen LogP contribution is 2.26. The topological polar surface area (TPSA) is 55.3 Å². The molecule has 1 aliphatic rings. The molecule has 0 N–H and O–H groups in total. The van der Waals surface area contributed by atoms with E-state index in [1.165, 1.54) is 18.5 Å². The van der Waals surface area contributed by atoms with E-state index in [9.17, 15) is 9.18 Å². The van der Waals surface area contributed by atoms with E-state index in [1.807, 2.05) is 4.90 Å². The van der Waals surface area contributed by atoms with Crippen LogP contribution in [0.15, 0.2) is 60.9 Å². The van der Waals surface area contributed by atoms with Gasteiger partial charge < -0.3 is 9.64 Å². The van der Waals surface area contributed by atoms with Gasteiger partial charge in [0, 0.05) is 30.3 Å². The zero-order chi connectivity index (χ0) is 20.2. The van der Waals surface area contributed by atoms with E-state index in [2.05, 4.69) is 16.9 Å². The first-order valence-electron chi connectivity index (χ1n) is 9.73. The summed E-state index contributed by atoms with van der Waals surface area (Å²) in [6.45, 7) is 3.80. The van der Waals surface area contributed by atoms with Crippen LogP contribution in [0.5, 0.6) is 11.6 Å². The summed E-state index contributed by atoms with van der Waals surface area (Å²) in [5, 5.41) is 0. The van der Waals surface area contributed by atoms with Crippen molar-refractivity contribution < 1.29 is 13.9 Å². The van der Waals surface area contributed by atoms with Gasteiger partial charge >= 0.3 is 0 Å². The van der Waals surface area contributed by atoms with Gasteiger partial charge in [-0.05, 0) is 61.2 Å². The van der Waals surface area contributed by atoms with Gasteiger partial charge in [-0.25, -0.2) is 14.4 Å². The number of carbonyl (C=O) groups is 1. The molecule has 148 valence electrons. The number of piperidine rings is 1. The average Bonchev–Trinajstić information content (AvgIpc) is 2.75. The summed E-state index contributed by atoms with van der Waals surface area (Å²) < 4.78 is 19.0. The highest BCUT2D eigenvalue weighted by molar-refractivity contribution is 5.94. The number of likely N-dealkylation sites (tertiary alicyclic amines) is 1. The number of benzene rings is 2. The number of amides is 1. The molecule has 1 saturated heterocycles. The first-order chi connectivity index (χ1) is 14.1. The lowest BCUT2D eigenvalue weighted by Crippen LogP contribution is -2.37. The molecule has 29 heavy (non-hydrogen) atoms. The van der Waals surface area contributed by atoms with Crippen molar-refractivity contribution in [1.82, 2.24) is 14.9 Å². The van der Waals surface area contributed by atoms with Crippen molar-refractivity contribution in [3.8, 4) is 22.9 Å². The fourth-order valence-corrected chi connectivity index (χ4v) is 3.38. The van der Waals surface area contributed by atoms with Crippen LogP contribution in [0.2, 0.25) is 0 Å². The number of nitrogens with zero attached hydrogens (tertiary/aromatic N) is 3. The van der Waals surface area contributed by atoms with Crippen LogP contribution < -0.4 is 4.74 Å². The number of ether oxygens (including phenoxy) is 1. The standard InChI is InChI=1S/C23H22FN3O2/c1-16-9-11-27(12-10-16)23(28)18-3-2-4-20(13-18)29-22-14-21(25-15-26-22)17-5-7-19(24)8-6-17/h2-8,13-16H,9-12H2,1H3. The van der Waals surface area contributed by atoms with Gasteiger partial charge in [0.25, 0.3) is 5.91 Å². The van der Waals surface area contributed by atoms with Crippen molar-refractivity contribution in [2.24, 2.45) is 5.92 Å². The van der Waals surface area contributed by atoms with Gasteiger partial charge in [-0.15, -0.1) is 0 Å². The van der Waals surface area contributed by atoms with Gasteiger partial charge in [0.1, 0.15) is 17.9 Å². The summed E-state index contributed by atoms with van der Waals surface area (Å²) in [7, 11) is 0. The van der Waals surface area contributed by atoms with E-state index in [4.69, 9.17) is 4.74 Å². The lowest BCUT2D eigenvalue weighted by atomic mass is 9.98. The van der Waals surface area contributed by atoms with Crippen LogP contribution in [0.25, 0.3) is 11.3 Å². The Balaban J connectivity index is 1.50. The summed E-state index contributed by atoms with van der Waals surface area (Å²) in [5.74, 6) is 1.28. The van der Waals surface area contributed by atoms with Crippen molar-refractivity contribution in [3.05, 3.63) is 72.3 Å². The first-order valence-corrected chi connectivity index (χ1v) is 9.73. The molecule has 4 rings (SSSR count). The van der Waals surface area contributed by atoms with E-state index in [1.54, 1.807) is 42.5 Å². The number of aromatic nitrogens is 2. The van der Waals surface area contributed by atoms with Crippen LogP contribution in [0, 0.1) is 11.7 Å². The Bertz CT molecular complexity index is 999. The normalized spacial score (nSPS) is 14.6. The molecular weight excluding hydrogens is 369 g/mol. The molecule has 0 aliphatic carbocycles. The first kappa shape index (κ1) is 19.1. The average molecular weight is 391 g/mol. The number of rotatable bonds is 4. The second kappa shape index (κ2) is 8.39. The van der Waals surface area contributed by atoms with Crippen molar-refractivity contribution in [1.29, 1.82) is 0 Å². The second-order valence-electron chi connectivity index (χ2n) is 7.35. The molecule has 0 unspecified atom stereocenters. The minimum absolute atomic E-state index is 0.0250. The maximum Gasteiger partial charge on any atom is 0.253 e. The van der Waals surface area contributed by atoms with Crippen LogP contribution in [0.1, 0.15) is 30.1 Å². The summed E-state index contributed by atoms with van der Waals surface area (Å²) in [6.07, 6.45) is 3.47. The highest BCUT2D eigenvalue weighted by atomic mass is 19.1. The molecule has 3 aromatic rings. The molecule has 0 bridgehead atoms. The van der Waals surface area contributed by atoms with E-state index in [0.29, 0.717) is 28.8 Å². The zero-order valence-electron chi connectivity index (χ0n) is 16.2. The Morgan fingerprint density at radius 3 is 2.59 bits per heavy atom. The third-order valence-corrected chi connectivity index (χ3v) is 5.16. The van der Waals surface area contributed by atoms with Crippen LogP contribution in [0.3, 0.4) is 0 Å². The Morgan fingerprint density at radius 1 is 1.07 bits per heavy atom. The smallest absolute Gasteiger partial charge is 0.253 e. The quantitative estimate of drug-likeness (QED) is 0.632. The Labute approximate surface area is 169 Å². The number of hydrogen-bond acceptors (Lipinski definition) is 4. The summed E-state index contributed by atoms with van der Waals surface area (Å²) in [4.78, 5) is 23.1. The van der Waals surface area contributed by atoms with E-state index >= 15 is 0 Å². The summed E-state index contributed by atoms with van der Waals surface area (Å²) in [6, 6.07) is 14.9. The molecule has 1 fully saturated rings. The molecule has 0 atom stereocenters. The molecule has 2 heterocycles. The van der Waals surface area contributed by atoms with Gasteiger partial charge in [0.15, 0.2) is 0 Å². The number of hydrogen-bond donors (Lipinski definition) is 0. The predicted molar refractivity (Wildman–Crippen MR) is 108 cm³/mol. The molecule has 0 saturated carbocycles. The maximum absolute atomic E-state index is 13.1. The highest BCUT2D eigenvalue weighted by Gasteiger charge is 2.21. The SMILES string of the molecule is CC1CCN(C(=O)c2cccc(Oc3cc(-c4ccc(F)cc4)ncn3)c2)CC1. The molecule has 0 radical (unpaired) electrons. The number of carbonyl (C=O) groups excluding carboxylic acids is 1. The Hall–Kier alpha value is -3.28. The molecule has 1 amide bonds. The maximum atomic E-state index is 13.1. The van der Waals surface area contributed by atoms with Crippen molar-refractivity contribution in [2.45, 2.75) is 19.8 Å². The Morgan fingerprint density at radius 2 is 1.83 bits per heavy atom. The molecule has 6 heteroatoms. The van der Waals surface area contributed by atoms with Gasteiger partial charge in [-0.2, -0.15) is 0 Å². The van der Waals surface area contributed by atoms with Crippen molar-refractivity contribution in [2.75, 3.05) is 13.1 Å². The third kappa shape index (κ3) is 4.59. The van der Waals surface area contributed by atoms with Gasteiger partial charge in [-0.3, -0.25) is 4.79 Å². The molecule has 5 nitrogen and oxygen atoms in total. The lowest BCUT2D eigenvalue weighted by molar-refractivity contribution is 0.0697. The summed E-state index contributed by atoms with van der Waals surface area (Å²) in [5.41, 5.74) is 2.00. The van der Waals surface area contributed by atoms with Crippen LogP contribution in [-0.4, -0.2) is 33.9 Å². The second-order valence-corrected chi connectivity index (χ2v) is 7.35. The van der Waals surface area contributed by atoms with Gasteiger partial charge in [-0.1, -0.05) is 13.0 Å². The van der Waals surface area contributed by atoms with Crippen LogP contribution in [0.4, 0.5) is 4.39 Å². The molecular formula is C23H22FN3O2. The van der Waals surface area contributed by atoms with E-state index < -0.39 is 0 Å². The summed E-state index contributed by atoms with van der Waals surface area (Å²) >= 11 is 0. The van der Waals surface area contributed by atoms with E-state index in [0.717, 1.165) is 31.5 Å². The lowest BCUT2D eigenvalue weighted by Gasteiger charge is -2.30. The molecule has 0 spiro atoms. The number of halogens is 1. The predicted octanol–water partition coefficient (Wildman–Crippen LogP) is 4.95. The van der Waals surface area contributed by atoms with Gasteiger partial charge in [0.05, 0.1) is 5.69 Å². The van der Waals surface area contributed by atoms with Crippen LogP contribution >= 0.6 is 0 Å². The minimum Gasteiger partial charge on any atom is -0.439 e. The molecule has 2 aromatic carbocycles. The van der Waals surface area contributed by atoms with E-state index in [-0.39, 0.29) is 11.7 Å². The molecule has 1 aliphatic heterocycles. The van der Waals surface area contributed by atoms with Crippen LogP contribution in [-0.2, 0) is 0 Å². The van der Waals surface area contributed by atoms with Crippen molar-refractivity contribution in [3.63, 3.8) is 0 Å². The zero-order valence-corrected chi connectivity index (χ0v) is 16.2. The van der Waals surface area contributed by atoms with Crippen molar-refractivity contribution >= 4 is 5.91 Å². The fraction of sp³-hybridized carbons (Fsp3) is 0.261. The third-order valence-electron chi connectivity index (χ3n) is 5.16. The largest absolute Gasteiger partial charge is 0.439 e. The molecule has 1 aromatic heterocycles. The minimum atomic E-state index is -0.302. The van der Waals surface area contributed by atoms with Gasteiger partial charge in [0.2, 0.25) is 5.88 Å². The monoisotopic (exact) mass is 391 g/mol. The fourth-order valence-electron chi connectivity index (χ4n) is 3.38. The Kier molecular flexibility index (Phi) is 5.51.